The first-order valence-corrected chi connectivity index (χ1v) is 9.49. The molecule has 0 aromatic heterocycles. The van der Waals surface area contributed by atoms with E-state index in [-0.39, 0.29) is 5.91 Å². The Hall–Kier alpha value is -1.33. The first kappa shape index (κ1) is 19.0. The fourth-order valence-corrected chi connectivity index (χ4v) is 3.29. The van der Waals surface area contributed by atoms with Crippen LogP contribution in [-0.4, -0.2) is 17.6 Å². The molecule has 1 saturated carbocycles. The summed E-state index contributed by atoms with van der Waals surface area (Å²) in [5, 5.41) is 4.25. The van der Waals surface area contributed by atoms with Gasteiger partial charge in [-0.1, -0.05) is 55.8 Å². The topological polar surface area (TPSA) is 53.2 Å². The number of halogens is 1. The molecule has 6 heteroatoms. The number of hydrogen-bond donors (Lipinski definition) is 3. The predicted molar refractivity (Wildman–Crippen MR) is 103 cm³/mol. The fourth-order valence-electron chi connectivity index (χ4n) is 3.02. The van der Waals surface area contributed by atoms with Crippen molar-refractivity contribution in [2.75, 3.05) is 6.54 Å². The largest absolute Gasteiger partial charge is 0.361 e. The Labute approximate surface area is 154 Å². The molecule has 2 rings (SSSR count). The highest BCUT2D eigenvalue weighted by Crippen LogP contribution is 2.27. The number of nitrogens with one attached hydrogen (secondary N) is 3. The summed E-state index contributed by atoms with van der Waals surface area (Å²) in [6.45, 7) is 0.700. The van der Waals surface area contributed by atoms with Crippen molar-refractivity contribution in [1.82, 2.24) is 16.2 Å². The SMILES string of the molecule is O=C(CCC1CCCCC1)NNC(=S)NCCc1ccc(Cl)cc1. The molecule has 0 spiro atoms. The Morgan fingerprint density at radius 3 is 2.54 bits per heavy atom. The van der Waals surface area contributed by atoms with Crippen LogP contribution in [0.5, 0.6) is 0 Å². The summed E-state index contributed by atoms with van der Waals surface area (Å²) in [5.41, 5.74) is 6.62. The molecule has 0 atom stereocenters. The van der Waals surface area contributed by atoms with Gasteiger partial charge in [0.2, 0.25) is 5.91 Å². The lowest BCUT2D eigenvalue weighted by Crippen LogP contribution is -2.47. The average molecular weight is 368 g/mol. The van der Waals surface area contributed by atoms with E-state index in [1.54, 1.807) is 0 Å². The highest BCUT2D eigenvalue weighted by atomic mass is 35.5. The third-order valence-electron chi connectivity index (χ3n) is 4.43. The number of hydrogen-bond acceptors (Lipinski definition) is 2. The number of rotatable bonds is 6. The molecule has 0 unspecified atom stereocenters. The maximum Gasteiger partial charge on any atom is 0.238 e. The summed E-state index contributed by atoms with van der Waals surface area (Å²) in [6.07, 6.45) is 8.89. The van der Waals surface area contributed by atoms with E-state index in [2.05, 4.69) is 16.2 Å². The van der Waals surface area contributed by atoms with Gasteiger partial charge in [-0.25, -0.2) is 0 Å². The maximum atomic E-state index is 11.8. The third-order valence-corrected chi connectivity index (χ3v) is 4.93. The minimum atomic E-state index is 0.00225. The lowest BCUT2D eigenvalue weighted by Gasteiger charge is -2.21. The molecular weight excluding hydrogens is 342 g/mol. The van der Waals surface area contributed by atoms with Crippen LogP contribution < -0.4 is 16.2 Å². The zero-order valence-electron chi connectivity index (χ0n) is 13.9. The second-order valence-corrected chi connectivity index (χ2v) is 7.19. The zero-order chi connectivity index (χ0) is 17.2. The van der Waals surface area contributed by atoms with Crippen molar-refractivity contribution in [3.05, 3.63) is 34.9 Å². The van der Waals surface area contributed by atoms with Crippen LogP contribution in [0.1, 0.15) is 50.5 Å². The van der Waals surface area contributed by atoms with Crippen LogP contribution in [0.4, 0.5) is 0 Å². The van der Waals surface area contributed by atoms with Gasteiger partial charge < -0.3 is 5.32 Å². The van der Waals surface area contributed by atoms with Crippen molar-refractivity contribution in [2.24, 2.45) is 5.92 Å². The summed E-state index contributed by atoms with van der Waals surface area (Å²) in [5.74, 6) is 0.719. The predicted octanol–water partition coefficient (Wildman–Crippen LogP) is 3.74. The molecule has 0 aliphatic heterocycles. The molecule has 0 saturated heterocycles. The van der Waals surface area contributed by atoms with Gasteiger partial charge in [0.25, 0.3) is 0 Å². The molecule has 1 aromatic carbocycles. The Morgan fingerprint density at radius 1 is 1.12 bits per heavy atom. The van der Waals surface area contributed by atoms with Crippen LogP contribution in [-0.2, 0) is 11.2 Å². The monoisotopic (exact) mass is 367 g/mol. The first-order chi connectivity index (χ1) is 11.6. The van der Waals surface area contributed by atoms with Crippen LogP contribution in [0.25, 0.3) is 0 Å². The second-order valence-electron chi connectivity index (χ2n) is 6.35. The summed E-state index contributed by atoms with van der Waals surface area (Å²) < 4.78 is 0. The molecule has 0 heterocycles. The van der Waals surface area contributed by atoms with Crippen molar-refractivity contribution >= 4 is 34.8 Å². The van der Waals surface area contributed by atoms with E-state index in [0.717, 1.165) is 17.9 Å². The Kier molecular flexibility index (Phi) is 8.33. The summed E-state index contributed by atoms with van der Waals surface area (Å²) in [4.78, 5) is 11.8. The van der Waals surface area contributed by atoms with Gasteiger partial charge >= 0.3 is 0 Å². The van der Waals surface area contributed by atoms with Crippen LogP contribution >= 0.6 is 23.8 Å². The van der Waals surface area contributed by atoms with E-state index in [4.69, 9.17) is 23.8 Å². The molecular formula is C18H26ClN3OS. The second kappa shape index (κ2) is 10.5. The molecule has 0 bridgehead atoms. The van der Waals surface area contributed by atoms with E-state index in [9.17, 15) is 4.79 Å². The molecule has 1 amide bonds. The first-order valence-electron chi connectivity index (χ1n) is 8.70. The van der Waals surface area contributed by atoms with Crippen LogP contribution in [0.2, 0.25) is 5.02 Å². The lowest BCUT2D eigenvalue weighted by molar-refractivity contribution is -0.122. The van der Waals surface area contributed by atoms with Crippen LogP contribution in [0, 0.1) is 5.92 Å². The van der Waals surface area contributed by atoms with Gasteiger partial charge in [-0.3, -0.25) is 15.6 Å². The Morgan fingerprint density at radius 2 is 1.83 bits per heavy atom. The van der Waals surface area contributed by atoms with Crippen molar-refractivity contribution in [2.45, 2.75) is 51.4 Å². The standard InChI is InChI=1S/C18H26ClN3OS/c19-16-9-6-15(7-10-16)12-13-20-18(24)22-21-17(23)11-8-14-4-2-1-3-5-14/h6-7,9-10,14H,1-5,8,11-13H2,(H,21,23)(H2,20,22,24). The van der Waals surface area contributed by atoms with Crippen LogP contribution in [0.3, 0.4) is 0 Å². The Bertz CT molecular complexity index is 530. The van der Waals surface area contributed by atoms with Crippen LogP contribution in [0.15, 0.2) is 24.3 Å². The van der Waals surface area contributed by atoms with Gasteiger partial charge in [-0.2, -0.15) is 0 Å². The molecule has 1 aliphatic carbocycles. The summed E-state index contributed by atoms with van der Waals surface area (Å²) in [7, 11) is 0. The van der Waals surface area contributed by atoms with E-state index in [1.165, 1.54) is 37.7 Å². The molecule has 3 N–H and O–H groups in total. The normalized spacial score (nSPS) is 14.9. The number of benzene rings is 1. The molecule has 0 radical (unpaired) electrons. The molecule has 1 aliphatic rings. The van der Waals surface area contributed by atoms with Gasteiger partial charge in [0, 0.05) is 18.0 Å². The van der Waals surface area contributed by atoms with Gasteiger partial charge in [-0.05, 0) is 48.7 Å². The van der Waals surface area contributed by atoms with Gasteiger partial charge in [-0.15, -0.1) is 0 Å². The number of carbonyl (C=O) groups excluding carboxylic acids is 1. The number of hydrazine groups is 1. The van der Waals surface area contributed by atoms with Crippen molar-refractivity contribution in [1.29, 1.82) is 0 Å². The van der Waals surface area contributed by atoms with E-state index in [1.807, 2.05) is 24.3 Å². The third kappa shape index (κ3) is 7.49. The number of amides is 1. The van der Waals surface area contributed by atoms with E-state index in [0.29, 0.717) is 24.0 Å². The minimum absolute atomic E-state index is 0.00225. The smallest absolute Gasteiger partial charge is 0.238 e. The molecule has 1 aromatic rings. The molecule has 4 nitrogen and oxygen atoms in total. The maximum absolute atomic E-state index is 11.8. The molecule has 1 fully saturated rings. The average Bonchev–Trinajstić information content (AvgIpc) is 2.61. The summed E-state index contributed by atoms with van der Waals surface area (Å²) in [6, 6.07) is 7.74. The van der Waals surface area contributed by atoms with Gasteiger partial charge in [0.05, 0.1) is 0 Å². The highest BCUT2D eigenvalue weighted by molar-refractivity contribution is 7.80. The highest BCUT2D eigenvalue weighted by Gasteiger charge is 2.14. The number of thiocarbonyl (C=S) groups is 1. The zero-order valence-corrected chi connectivity index (χ0v) is 15.5. The quantitative estimate of drug-likeness (QED) is 0.529. The fraction of sp³-hybridized carbons (Fsp3) is 0.556. The van der Waals surface area contributed by atoms with E-state index < -0.39 is 0 Å². The lowest BCUT2D eigenvalue weighted by atomic mass is 9.86. The van der Waals surface area contributed by atoms with E-state index >= 15 is 0 Å². The minimum Gasteiger partial charge on any atom is -0.361 e. The van der Waals surface area contributed by atoms with Gasteiger partial charge in [0.15, 0.2) is 5.11 Å². The molecule has 132 valence electrons. The number of carbonyl (C=O) groups is 1. The molecule has 24 heavy (non-hydrogen) atoms. The van der Waals surface area contributed by atoms with Crippen molar-refractivity contribution in [3.63, 3.8) is 0 Å². The Balaban J connectivity index is 1.53. The van der Waals surface area contributed by atoms with Crippen molar-refractivity contribution in [3.8, 4) is 0 Å². The van der Waals surface area contributed by atoms with Crippen molar-refractivity contribution < 1.29 is 4.79 Å². The summed E-state index contributed by atoms with van der Waals surface area (Å²) >= 11 is 11.0. The van der Waals surface area contributed by atoms with Gasteiger partial charge in [0.1, 0.15) is 0 Å².